The van der Waals surface area contributed by atoms with E-state index in [9.17, 15) is 9.90 Å². The number of nitrogens with two attached hydrogens (primary N) is 1. The third kappa shape index (κ3) is 3.97. The molecule has 1 atom stereocenters. The first-order chi connectivity index (χ1) is 9.44. The zero-order valence-electron chi connectivity index (χ0n) is 12.7. The van der Waals surface area contributed by atoms with Crippen LogP contribution in [0.2, 0.25) is 0 Å². The lowest BCUT2D eigenvalue weighted by molar-refractivity contribution is -0.143. The second-order valence-corrected chi connectivity index (χ2v) is 5.28. The lowest BCUT2D eigenvalue weighted by Crippen LogP contribution is -2.47. The molecule has 112 valence electrons. The summed E-state index contributed by atoms with van der Waals surface area (Å²) >= 11 is 0. The fourth-order valence-electron chi connectivity index (χ4n) is 2.39. The smallest absolute Gasteiger partial charge is 0.323 e. The molecule has 0 saturated heterocycles. The first kappa shape index (κ1) is 16.5. The first-order valence-corrected chi connectivity index (χ1v) is 7.27. The van der Waals surface area contributed by atoms with Crippen LogP contribution in [0.25, 0.3) is 0 Å². The number of hydrogen-bond donors (Lipinski definition) is 2. The van der Waals surface area contributed by atoms with Gasteiger partial charge in [0.25, 0.3) is 0 Å². The second kappa shape index (κ2) is 7.29. The Kier molecular flexibility index (Phi) is 6.02. The summed E-state index contributed by atoms with van der Waals surface area (Å²) in [4.78, 5) is 13.5. The average Bonchev–Trinajstić information content (AvgIpc) is 2.44. The zero-order chi connectivity index (χ0) is 15.2. The summed E-state index contributed by atoms with van der Waals surface area (Å²) in [6.45, 7) is 7.76. The van der Waals surface area contributed by atoms with E-state index in [1.807, 2.05) is 19.1 Å². The molecular weight excluding hydrogens is 252 g/mol. The zero-order valence-corrected chi connectivity index (χ0v) is 12.7. The summed E-state index contributed by atoms with van der Waals surface area (Å²) in [5, 5.41) is 9.18. The Bertz CT molecular complexity index is 448. The van der Waals surface area contributed by atoms with E-state index < -0.39 is 11.5 Å². The van der Waals surface area contributed by atoms with E-state index in [1.165, 1.54) is 11.3 Å². The van der Waals surface area contributed by atoms with Gasteiger partial charge < -0.3 is 15.7 Å². The van der Waals surface area contributed by atoms with Gasteiger partial charge in [-0.3, -0.25) is 4.79 Å². The highest BCUT2D eigenvalue weighted by atomic mass is 16.4. The maximum Gasteiger partial charge on any atom is 0.323 e. The molecule has 1 aromatic rings. The van der Waals surface area contributed by atoms with Crippen LogP contribution in [0.3, 0.4) is 0 Å². The Morgan fingerprint density at radius 3 is 2.50 bits per heavy atom. The van der Waals surface area contributed by atoms with Crippen LogP contribution in [0.5, 0.6) is 0 Å². The average molecular weight is 278 g/mol. The third-order valence-electron chi connectivity index (χ3n) is 3.95. The first-order valence-electron chi connectivity index (χ1n) is 7.27. The molecule has 1 aromatic carbocycles. The summed E-state index contributed by atoms with van der Waals surface area (Å²) in [6, 6.07) is 8.25. The van der Waals surface area contributed by atoms with Crippen molar-refractivity contribution in [3.63, 3.8) is 0 Å². The summed E-state index contributed by atoms with van der Waals surface area (Å²) < 4.78 is 0. The van der Waals surface area contributed by atoms with Gasteiger partial charge in [-0.1, -0.05) is 25.1 Å². The highest BCUT2D eigenvalue weighted by molar-refractivity contribution is 5.78. The maximum absolute atomic E-state index is 11.2. The molecule has 4 heteroatoms. The number of anilines is 1. The van der Waals surface area contributed by atoms with Crippen molar-refractivity contribution in [2.45, 2.75) is 45.6 Å². The quantitative estimate of drug-likeness (QED) is 0.767. The van der Waals surface area contributed by atoms with Crippen molar-refractivity contribution < 1.29 is 9.90 Å². The minimum atomic E-state index is -1.09. The van der Waals surface area contributed by atoms with Crippen molar-refractivity contribution in [3.8, 4) is 0 Å². The van der Waals surface area contributed by atoms with E-state index in [-0.39, 0.29) is 0 Å². The number of rotatable bonds is 8. The largest absolute Gasteiger partial charge is 0.480 e. The molecule has 0 aliphatic rings. The van der Waals surface area contributed by atoms with Gasteiger partial charge in [0, 0.05) is 18.8 Å². The van der Waals surface area contributed by atoms with Crippen LogP contribution in [0.15, 0.2) is 24.3 Å². The number of aryl methyl sites for hydroxylation is 1. The van der Waals surface area contributed by atoms with E-state index in [2.05, 4.69) is 30.9 Å². The molecule has 0 bridgehead atoms. The number of carbonyl (C=O) groups is 1. The van der Waals surface area contributed by atoms with Gasteiger partial charge in [-0.25, -0.2) is 0 Å². The number of aliphatic carboxylic acids is 1. The summed E-state index contributed by atoms with van der Waals surface area (Å²) in [5.74, 6) is -0.904. The molecule has 0 amide bonds. The molecule has 0 aliphatic carbocycles. The topological polar surface area (TPSA) is 66.6 Å². The van der Waals surface area contributed by atoms with Crippen LogP contribution in [0, 0.1) is 6.92 Å². The SMILES string of the molecule is CCN(CCCC(N)(CC)C(=O)O)c1ccccc1C. The van der Waals surface area contributed by atoms with Gasteiger partial charge in [-0.15, -0.1) is 0 Å². The molecule has 0 radical (unpaired) electrons. The monoisotopic (exact) mass is 278 g/mol. The fourth-order valence-corrected chi connectivity index (χ4v) is 2.39. The van der Waals surface area contributed by atoms with Crippen LogP contribution in [-0.4, -0.2) is 29.7 Å². The molecule has 0 aliphatic heterocycles. The number of para-hydroxylation sites is 1. The molecule has 0 heterocycles. The Morgan fingerprint density at radius 1 is 1.35 bits per heavy atom. The second-order valence-electron chi connectivity index (χ2n) is 5.28. The van der Waals surface area contributed by atoms with Gasteiger partial charge in [0.05, 0.1) is 0 Å². The molecule has 0 fully saturated rings. The number of hydrogen-bond acceptors (Lipinski definition) is 3. The number of carboxylic acid groups (broad SMARTS) is 1. The van der Waals surface area contributed by atoms with E-state index in [4.69, 9.17) is 5.73 Å². The molecule has 0 saturated carbocycles. The summed E-state index contributed by atoms with van der Waals surface area (Å²) in [7, 11) is 0. The molecular formula is C16H26N2O2. The van der Waals surface area contributed by atoms with Gasteiger partial charge >= 0.3 is 5.97 Å². The van der Waals surface area contributed by atoms with Gasteiger partial charge in [-0.05, 0) is 44.7 Å². The minimum absolute atomic E-state index is 0.457. The molecule has 1 rings (SSSR count). The highest BCUT2D eigenvalue weighted by Gasteiger charge is 2.31. The molecule has 1 unspecified atom stereocenters. The van der Waals surface area contributed by atoms with Crippen molar-refractivity contribution in [1.82, 2.24) is 0 Å². The Morgan fingerprint density at radius 2 is 2.00 bits per heavy atom. The van der Waals surface area contributed by atoms with E-state index >= 15 is 0 Å². The number of benzene rings is 1. The Labute approximate surface area is 121 Å². The minimum Gasteiger partial charge on any atom is -0.480 e. The van der Waals surface area contributed by atoms with Crippen LogP contribution in [0.1, 0.15) is 38.7 Å². The van der Waals surface area contributed by atoms with Crippen LogP contribution >= 0.6 is 0 Å². The normalized spacial score (nSPS) is 13.8. The number of carboxylic acids is 1. The van der Waals surface area contributed by atoms with Crippen LogP contribution < -0.4 is 10.6 Å². The lowest BCUT2D eigenvalue weighted by atomic mass is 9.91. The van der Waals surface area contributed by atoms with Gasteiger partial charge in [-0.2, -0.15) is 0 Å². The predicted octanol–water partition coefficient (Wildman–Crippen LogP) is 2.79. The standard InChI is InChI=1S/C16H26N2O2/c1-4-16(17,15(19)20)11-8-12-18(5-2)14-10-7-6-9-13(14)3/h6-7,9-10H,4-5,8,11-12,17H2,1-3H3,(H,19,20). The molecule has 0 aromatic heterocycles. The van der Waals surface area contributed by atoms with E-state index in [0.717, 1.165) is 19.5 Å². The lowest BCUT2D eigenvalue weighted by Gasteiger charge is -2.28. The number of nitrogens with zero attached hydrogens (tertiary/aromatic N) is 1. The highest BCUT2D eigenvalue weighted by Crippen LogP contribution is 2.21. The molecule has 4 nitrogen and oxygen atoms in total. The van der Waals surface area contributed by atoms with Gasteiger partial charge in [0.15, 0.2) is 0 Å². The predicted molar refractivity (Wildman–Crippen MR) is 83.1 cm³/mol. The van der Waals surface area contributed by atoms with Crippen molar-refractivity contribution in [1.29, 1.82) is 0 Å². The Balaban J connectivity index is 2.63. The van der Waals surface area contributed by atoms with E-state index in [0.29, 0.717) is 12.8 Å². The van der Waals surface area contributed by atoms with Gasteiger partial charge in [0.1, 0.15) is 5.54 Å². The van der Waals surface area contributed by atoms with Crippen LogP contribution in [-0.2, 0) is 4.79 Å². The van der Waals surface area contributed by atoms with Crippen molar-refractivity contribution in [2.75, 3.05) is 18.0 Å². The van der Waals surface area contributed by atoms with Crippen molar-refractivity contribution in [2.24, 2.45) is 5.73 Å². The van der Waals surface area contributed by atoms with Gasteiger partial charge in [0.2, 0.25) is 0 Å². The third-order valence-corrected chi connectivity index (χ3v) is 3.95. The molecule has 0 spiro atoms. The summed E-state index contributed by atoms with van der Waals surface area (Å²) in [5.41, 5.74) is 7.28. The fraction of sp³-hybridized carbons (Fsp3) is 0.562. The van der Waals surface area contributed by atoms with Crippen molar-refractivity contribution >= 4 is 11.7 Å². The maximum atomic E-state index is 11.2. The summed E-state index contributed by atoms with van der Waals surface area (Å²) in [6.07, 6.45) is 1.73. The van der Waals surface area contributed by atoms with Crippen molar-refractivity contribution in [3.05, 3.63) is 29.8 Å². The van der Waals surface area contributed by atoms with E-state index in [1.54, 1.807) is 0 Å². The van der Waals surface area contributed by atoms with Crippen LogP contribution in [0.4, 0.5) is 5.69 Å². The molecule has 20 heavy (non-hydrogen) atoms. The molecule has 3 N–H and O–H groups in total. The Hall–Kier alpha value is -1.55.